The van der Waals surface area contributed by atoms with Gasteiger partial charge in [0.1, 0.15) is 0 Å². The molecule has 0 radical (unpaired) electrons. The summed E-state index contributed by atoms with van der Waals surface area (Å²) in [5.41, 5.74) is 1.24. The lowest BCUT2D eigenvalue weighted by Gasteiger charge is -2.25. The predicted molar refractivity (Wildman–Crippen MR) is 78.1 cm³/mol. The van der Waals surface area contributed by atoms with E-state index < -0.39 is 5.97 Å². The summed E-state index contributed by atoms with van der Waals surface area (Å²) in [6.45, 7) is 1.78. The van der Waals surface area contributed by atoms with Crippen LogP contribution in [0.25, 0.3) is 0 Å². The summed E-state index contributed by atoms with van der Waals surface area (Å²) in [6.07, 6.45) is 3.87. The van der Waals surface area contributed by atoms with Gasteiger partial charge in [0.05, 0.1) is 11.6 Å². The van der Waals surface area contributed by atoms with Gasteiger partial charge in [-0.15, -0.1) is 0 Å². The first-order valence-corrected chi connectivity index (χ1v) is 7.09. The van der Waals surface area contributed by atoms with Gasteiger partial charge in [0.25, 0.3) is 5.56 Å². The second-order valence-electron chi connectivity index (χ2n) is 5.70. The Morgan fingerprint density at radius 3 is 2.38 bits per heavy atom. The molecule has 114 valence electrons. The van der Waals surface area contributed by atoms with Crippen LogP contribution in [0.4, 0.5) is 5.69 Å². The minimum atomic E-state index is -0.775. The van der Waals surface area contributed by atoms with Gasteiger partial charge >= 0.3 is 5.97 Å². The van der Waals surface area contributed by atoms with Crippen molar-refractivity contribution >= 4 is 17.6 Å². The summed E-state index contributed by atoms with van der Waals surface area (Å²) in [4.78, 5) is 34.6. The van der Waals surface area contributed by atoms with Crippen molar-refractivity contribution in [2.45, 2.75) is 32.6 Å². The van der Waals surface area contributed by atoms with E-state index in [2.05, 4.69) is 5.32 Å². The summed E-state index contributed by atoms with van der Waals surface area (Å²) in [7, 11) is 1.63. The van der Waals surface area contributed by atoms with E-state index in [1.165, 1.54) is 10.6 Å². The highest BCUT2D eigenvalue weighted by molar-refractivity contribution is 5.93. The second-order valence-corrected chi connectivity index (χ2v) is 5.70. The fourth-order valence-corrected chi connectivity index (χ4v) is 2.69. The second kappa shape index (κ2) is 6.11. The first kappa shape index (κ1) is 15.3. The molecule has 1 heterocycles. The van der Waals surface area contributed by atoms with Crippen LogP contribution in [0.15, 0.2) is 17.1 Å². The standard InChI is InChI=1S/C15H20N2O4/c1-9-7-13(18)17(2)8-12(9)16-14(19)10-3-5-11(6-4-10)15(20)21/h7-8,10-11H,3-6H2,1-2H3,(H,16,19)(H,20,21). The first-order valence-electron chi connectivity index (χ1n) is 7.09. The van der Waals surface area contributed by atoms with Crippen molar-refractivity contribution in [1.82, 2.24) is 4.57 Å². The molecular formula is C15H20N2O4. The van der Waals surface area contributed by atoms with Crippen LogP contribution >= 0.6 is 0 Å². The Bertz CT molecular complexity index is 613. The van der Waals surface area contributed by atoms with E-state index in [0.29, 0.717) is 31.4 Å². The van der Waals surface area contributed by atoms with Crippen LogP contribution in [0.3, 0.4) is 0 Å². The molecule has 1 aromatic rings. The zero-order valence-electron chi connectivity index (χ0n) is 12.3. The van der Waals surface area contributed by atoms with Gasteiger partial charge in [0.15, 0.2) is 0 Å². The van der Waals surface area contributed by atoms with Gasteiger partial charge in [0, 0.05) is 25.2 Å². The number of hydrogen-bond acceptors (Lipinski definition) is 3. The lowest BCUT2D eigenvalue weighted by molar-refractivity contribution is -0.143. The number of amides is 1. The molecule has 21 heavy (non-hydrogen) atoms. The van der Waals surface area contributed by atoms with Crippen molar-refractivity contribution in [3.63, 3.8) is 0 Å². The highest BCUT2D eigenvalue weighted by Crippen LogP contribution is 2.30. The zero-order chi connectivity index (χ0) is 15.6. The molecule has 6 heteroatoms. The Hall–Kier alpha value is -2.11. The minimum Gasteiger partial charge on any atom is -0.481 e. The SMILES string of the molecule is Cc1cc(=O)n(C)cc1NC(=O)C1CCC(C(=O)O)CC1. The van der Waals surface area contributed by atoms with Gasteiger partial charge in [0.2, 0.25) is 5.91 Å². The lowest BCUT2D eigenvalue weighted by Crippen LogP contribution is -2.30. The Kier molecular flexibility index (Phi) is 4.45. The summed E-state index contributed by atoms with van der Waals surface area (Å²) < 4.78 is 1.42. The largest absolute Gasteiger partial charge is 0.481 e. The summed E-state index contributed by atoms with van der Waals surface area (Å²) in [5.74, 6) is -1.35. The van der Waals surface area contributed by atoms with E-state index in [0.717, 1.165) is 5.56 Å². The quantitative estimate of drug-likeness (QED) is 0.884. The van der Waals surface area contributed by atoms with E-state index in [4.69, 9.17) is 5.11 Å². The summed E-state index contributed by atoms with van der Waals surface area (Å²) in [5, 5.41) is 11.8. The Morgan fingerprint density at radius 2 is 1.81 bits per heavy atom. The molecule has 1 aliphatic rings. The molecule has 0 unspecified atom stereocenters. The van der Waals surface area contributed by atoms with Crippen LogP contribution < -0.4 is 10.9 Å². The van der Waals surface area contributed by atoms with E-state index >= 15 is 0 Å². The molecule has 0 saturated heterocycles. The van der Waals surface area contributed by atoms with Gasteiger partial charge in [-0.3, -0.25) is 14.4 Å². The number of anilines is 1. The normalized spacial score (nSPS) is 21.8. The number of carbonyl (C=O) groups excluding carboxylic acids is 1. The summed E-state index contributed by atoms with van der Waals surface area (Å²) >= 11 is 0. The molecule has 2 N–H and O–H groups in total. The number of aliphatic carboxylic acids is 1. The van der Waals surface area contributed by atoms with E-state index in [9.17, 15) is 14.4 Å². The molecule has 1 saturated carbocycles. The lowest BCUT2D eigenvalue weighted by atomic mass is 9.81. The Balaban J connectivity index is 2.01. The van der Waals surface area contributed by atoms with E-state index in [-0.39, 0.29) is 23.3 Å². The van der Waals surface area contributed by atoms with Crippen molar-refractivity contribution < 1.29 is 14.7 Å². The highest BCUT2D eigenvalue weighted by Gasteiger charge is 2.29. The molecule has 0 aromatic carbocycles. The molecule has 1 fully saturated rings. The average molecular weight is 292 g/mol. The minimum absolute atomic E-state index is 0.0967. The molecule has 0 spiro atoms. The number of nitrogens with zero attached hydrogens (tertiary/aromatic N) is 1. The smallest absolute Gasteiger partial charge is 0.306 e. The maximum absolute atomic E-state index is 12.2. The van der Waals surface area contributed by atoms with Gasteiger partial charge in [-0.2, -0.15) is 0 Å². The van der Waals surface area contributed by atoms with Gasteiger partial charge in [-0.1, -0.05) is 0 Å². The van der Waals surface area contributed by atoms with Gasteiger partial charge < -0.3 is 15.0 Å². The molecular weight excluding hydrogens is 272 g/mol. The molecule has 1 amide bonds. The number of carboxylic acid groups (broad SMARTS) is 1. The Morgan fingerprint density at radius 1 is 1.24 bits per heavy atom. The third-order valence-electron chi connectivity index (χ3n) is 4.14. The molecule has 0 atom stereocenters. The molecule has 6 nitrogen and oxygen atoms in total. The number of rotatable bonds is 3. The van der Waals surface area contributed by atoms with Crippen LogP contribution in [-0.4, -0.2) is 21.6 Å². The Labute approximate surface area is 122 Å². The first-order chi connectivity index (χ1) is 9.88. The van der Waals surface area contributed by atoms with Crippen LogP contribution in [0.2, 0.25) is 0 Å². The van der Waals surface area contributed by atoms with Crippen LogP contribution in [-0.2, 0) is 16.6 Å². The van der Waals surface area contributed by atoms with Crippen LogP contribution in [0.1, 0.15) is 31.2 Å². The molecule has 1 aliphatic carbocycles. The maximum Gasteiger partial charge on any atom is 0.306 e. The van der Waals surface area contributed by atoms with Crippen LogP contribution in [0.5, 0.6) is 0 Å². The third kappa shape index (κ3) is 3.51. The molecule has 0 aliphatic heterocycles. The van der Waals surface area contributed by atoms with Crippen molar-refractivity contribution in [2.24, 2.45) is 18.9 Å². The van der Waals surface area contributed by atoms with Crippen molar-refractivity contribution in [3.05, 3.63) is 28.2 Å². The van der Waals surface area contributed by atoms with E-state index in [1.54, 1.807) is 20.2 Å². The predicted octanol–water partition coefficient (Wildman–Crippen LogP) is 1.52. The zero-order valence-corrected chi connectivity index (χ0v) is 12.3. The monoisotopic (exact) mass is 292 g/mol. The summed E-state index contributed by atoms with van der Waals surface area (Å²) in [6, 6.07) is 1.48. The molecule has 2 rings (SSSR count). The maximum atomic E-state index is 12.2. The molecule has 0 bridgehead atoms. The number of pyridine rings is 1. The number of carboxylic acids is 1. The molecule has 1 aromatic heterocycles. The fourth-order valence-electron chi connectivity index (χ4n) is 2.69. The number of hydrogen-bond donors (Lipinski definition) is 2. The number of aromatic nitrogens is 1. The highest BCUT2D eigenvalue weighted by atomic mass is 16.4. The van der Waals surface area contributed by atoms with Crippen molar-refractivity contribution in [2.75, 3.05) is 5.32 Å². The average Bonchev–Trinajstić information content (AvgIpc) is 2.44. The number of aryl methyl sites for hydroxylation is 2. The van der Waals surface area contributed by atoms with E-state index in [1.807, 2.05) is 0 Å². The fraction of sp³-hybridized carbons (Fsp3) is 0.533. The number of nitrogens with one attached hydrogen (secondary N) is 1. The number of carbonyl (C=O) groups is 2. The van der Waals surface area contributed by atoms with Crippen LogP contribution in [0, 0.1) is 18.8 Å². The van der Waals surface area contributed by atoms with Gasteiger partial charge in [-0.05, 0) is 38.2 Å². The van der Waals surface area contributed by atoms with Crippen molar-refractivity contribution in [1.29, 1.82) is 0 Å². The topological polar surface area (TPSA) is 88.4 Å². The van der Waals surface area contributed by atoms with Crippen molar-refractivity contribution in [3.8, 4) is 0 Å². The van der Waals surface area contributed by atoms with Gasteiger partial charge in [-0.25, -0.2) is 0 Å². The third-order valence-corrected chi connectivity index (χ3v) is 4.14.